The predicted molar refractivity (Wildman–Crippen MR) is 84.9 cm³/mol. The van der Waals surface area contributed by atoms with Gasteiger partial charge in [-0.1, -0.05) is 26.0 Å². The van der Waals surface area contributed by atoms with Crippen molar-refractivity contribution < 1.29 is 4.79 Å². The second-order valence-corrected chi connectivity index (χ2v) is 5.74. The molecule has 4 heteroatoms. The Morgan fingerprint density at radius 2 is 1.80 bits per heavy atom. The van der Waals surface area contributed by atoms with Crippen LogP contribution in [0.25, 0.3) is 0 Å². The van der Waals surface area contributed by atoms with Crippen LogP contribution in [0.3, 0.4) is 0 Å². The molecule has 0 saturated heterocycles. The third-order valence-electron chi connectivity index (χ3n) is 3.28. The average Bonchev–Trinajstić information content (AvgIpc) is 2.42. The minimum absolute atomic E-state index is 0.0589. The molecule has 1 rings (SSSR count). The summed E-state index contributed by atoms with van der Waals surface area (Å²) in [5, 5.41) is 6.06. The number of nitrogens with one attached hydrogen (secondary N) is 2. The summed E-state index contributed by atoms with van der Waals surface area (Å²) in [6.07, 6.45) is 0.843. The molecule has 1 amide bonds. The van der Waals surface area contributed by atoms with Crippen LogP contribution in [0.4, 0.5) is 5.69 Å². The van der Waals surface area contributed by atoms with Gasteiger partial charge in [-0.15, -0.1) is 0 Å². The van der Waals surface area contributed by atoms with E-state index < -0.39 is 0 Å². The van der Waals surface area contributed by atoms with Crippen LogP contribution >= 0.6 is 0 Å². The molecule has 20 heavy (non-hydrogen) atoms. The van der Waals surface area contributed by atoms with Crippen LogP contribution in [0.1, 0.15) is 25.8 Å². The molecule has 0 bridgehead atoms. The highest BCUT2D eigenvalue weighted by atomic mass is 16.2. The van der Waals surface area contributed by atoms with E-state index in [1.165, 1.54) is 11.3 Å². The molecule has 0 aliphatic carbocycles. The van der Waals surface area contributed by atoms with Gasteiger partial charge in [0.1, 0.15) is 0 Å². The minimum Gasteiger partial charge on any atom is -0.378 e. The third kappa shape index (κ3) is 5.21. The molecule has 1 unspecified atom stereocenters. The van der Waals surface area contributed by atoms with Crippen molar-refractivity contribution in [3.63, 3.8) is 0 Å². The number of carbonyl (C=O) groups is 1. The van der Waals surface area contributed by atoms with Gasteiger partial charge in [0.15, 0.2) is 0 Å². The maximum Gasteiger partial charge on any atom is 0.236 e. The molecule has 2 N–H and O–H groups in total. The Bertz CT molecular complexity index is 412. The highest BCUT2D eigenvalue weighted by Crippen LogP contribution is 2.13. The fraction of sp³-hybridized carbons (Fsp3) is 0.562. The van der Waals surface area contributed by atoms with Crippen LogP contribution < -0.4 is 15.5 Å². The van der Waals surface area contributed by atoms with Gasteiger partial charge in [-0.2, -0.15) is 0 Å². The minimum atomic E-state index is -0.131. The average molecular weight is 277 g/mol. The number of rotatable bonds is 7. The number of nitrogens with zero attached hydrogens (tertiary/aromatic N) is 1. The Morgan fingerprint density at radius 3 is 2.25 bits per heavy atom. The van der Waals surface area contributed by atoms with Crippen molar-refractivity contribution in [2.75, 3.05) is 26.0 Å². The quantitative estimate of drug-likeness (QED) is 0.801. The molecule has 0 saturated carbocycles. The van der Waals surface area contributed by atoms with E-state index in [1.807, 2.05) is 14.1 Å². The van der Waals surface area contributed by atoms with Gasteiger partial charge in [-0.3, -0.25) is 4.79 Å². The summed E-state index contributed by atoms with van der Waals surface area (Å²) in [5.41, 5.74) is 2.37. The lowest BCUT2D eigenvalue weighted by Gasteiger charge is -2.19. The van der Waals surface area contributed by atoms with E-state index in [0.29, 0.717) is 12.5 Å². The van der Waals surface area contributed by atoms with Crippen molar-refractivity contribution in [3.8, 4) is 0 Å². The van der Waals surface area contributed by atoms with E-state index in [1.54, 1.807) is 7.05 Å². The van der Waals surface area contributed by atoms with E-state index in [2.05, 4.69) is 53.6 Å². The van der Waals surface area contributed by atoms with Crippen LogP contribution in [0.5, 0.6) is 0 Å². The number of anilines is 1. The molecule has 0 aliphatic heterocycles. The van der Waals surface area contributed by atoms with Crippen LogP contribution in [0.2, 0.25) is 0 Å². The third-order valence-corrected chi connectivity index (χ3v) is 3.28. The predicted octanol–water partition coefficient (Wildman–Crippen LogP) is 2.00. The van der Waals surface area contributed by atoms with E-state index in [0.717, 1.165) is 6.42 Å². The first kappa shape index (κ1) is 16.5. The maximum absolute atomic E-state index is 11.8. The highest BCUT2D eigenvalue weighted by Gasteiger charge is 2.17. The van der Waals surface area contributed by atoms with Crippen LogP contribution in [-0.4, -0.2) is 33.1 Å². The summed E-state index contributed by atoms with van der Waals surface area (Å²) >= 11 is 0. The summed E-state index contributed by atoms with van der Waals surface area (Å²) in [7, 11) is 5.73. The molecular formula is C16H27N3O. The second kappa shape index (κ2) is 7.90. The number of amides is 1. The monoisotopic (exact) mass is 277 g/mol. The van der Waals surface area contributed by atoms with Gasteiger partial charge in [0, 0.05) is 33.4 Å². The Balaban J connectivity index is 2.60. The Morgan fingerprint density at radius 1 is 1.20 bits per heavy atom. The largest absolute Gasteiger partial charge is 0.378 e. The summed E-state index contributed by atoms with van der Waals surface area (Å²) in [6, 6.07) is 8.24. The van der Waals surface area contributed by atoms with Gasteiger partial charge in [0.05, 0.1) is 6.04 Å². The molecule has 1 atom stereocenters. The number of hydrogen-bond donors (Lipinski definition) is 2. The van der Waals surface area contributed by atoms with Crippen LogP contribution in [0.15, 0.2) is 24.3 Å². The topological polar surface area (TPSA) is 44.4 Å². The molecular weight excluding hydrogens is 250 g/mol. The first-order valence-electron chi connectivity index (χ1n) is 7.15. The molecule has 4 nitrogen and oxygen atoms in total. The first-order chi connectivity index (χ1) is 9.43. The van der Waals surface area contributed by atoms with Crippen molar-refractivity contribution in [2.45, 2.75) is 32.9 Å². The zero-order chi connectivity index (χ0) is 15.1. The van der Waals surface area contributed by atoms with E-state index in [9.17, 15) is 4.79 Å². The SMILES string of the molecule is CNC(=O)C(CC(C)C)NCc1ccc(N(C)C)cc1. The zero-order valence-electron chi connectivity index (χ0n) is 13.2. The zero-order valence-corrected chi connectivity index (χ0v) is 13.2. The first-order valence-corrected chi connectivity index (χ1v) is 7.15. The Hall–Kier alpha value is -1.55. The summed E-state index contributed by atoms with van der Waals surface area (Å²) in [5.74, 6) is 0.546. The van der Waals surface area contributed by atoms with Gasteiger partial charge in [-0.25, -0.2) is 0 Å². The highest BCUT2D eigenvalue weighted by molar-refractivity contribution is 5.81. The lowest BCUT2D eigenvalue weighted by molar-refractivity contribution is -0.123. The summed E-state index contributed by atoms with van der Waals surface area (Å²) in [6.45, 7) is 4.96. The number of carbonyl (C=O) groups excluding carboxylic acids is 1. The molecule has 0 heterocycles. The normalized spacial score (nSPS) is 12.3. The standard InChI is InChI=1S/C16H27N3O/c1-12(2)10-15(16(20)17-3)18-11-13-6-8-14(9-7-13)19(4)5/h6-9,12,15,18H,10-11H2,1-5H3,(H,17,20). The van der Waals surface area contributed by atoms with Crippen molar-refractivity contribution in [3.05, 3.63) is 29.8 Å². The van der Waals surface area contributed by atoms with Gasteiger partial charge in [0.25, 0.3) is 0 Å². The van der Waals surface area contributed by atoms with Crippen molar-refractivity contribution >= 4 is 11.6 Å². The Labute approximate surface area is 122 Å². The summed E-state index contributed by atoms with van der Waals surface area (Å²) < 4.78 is 0. The maximum atomic E-state index is 11.8. The number of benzene rings is 1. The van der Waals surface area contributed by atoms with Gasteiger partial charge in [0.2, 0.25) is 5.91 Å². The number of likely N-dealkylation sites (N-methyl/N-ethyl adjacent to an activating group) is 1. The number of hydrogen-bond acceptors (Lipinski definition) is 3. The lowest BCUT2D eigenvalue weighted by atomic mass is 10.0. The van der Waals surface area contributed by atoms with Gasteiger partial charge < -0.3 is 15.5 Å². The fourth-order valence-corrected chi connectivity index (χ4v) is 2.08. The lowest BCUT2D eigenvalue weighted by Crippen LogP contribution is -2.43. The Kier molecular flexibility index (Phi) is 6.52. The van der Waals surface area contributed by atoms with Crippen LogP contribution in [-0.2, 0) is 11.3 Å². The molecule has 0 fully saturated rings. The molecule has 112 valence electrons. The van der Waals surface area contributed by atoms with Crippen molar-refractivity contribution in [2.24, 2.45) is 5.92 Å². The van der Waals surface area contributed by atoms with Gasteiger partial charge in [-0.05, 0) is 30.0 Å². The van der Waals surface area contributed by atoms with Crippen molar-refractivity contribution in [1.82, 2.24) is 10.6 Å². The molecule has 0 spiro atoms. The molecule has 0 aliphatic rings. The fourth-order valence-electron chi connectivity index (χ4n) is 2.08. The smallest absolute Gasteiger partial charge is 0.236 e. The van der Waals surface area contributed by atoms with E-state index in [4.69, 9.17) is 0 Å². The molecule has 0 aromatic heterocycles. The van der Waals surface area contributed by atoms with E-state index in [-0.39, 0.29) is 11.9 Å². The second-order valence-electron chi connectivity index (χ2n) is 5.74. The van der Waals surface area contributed by atoms with Crippen LogP contribution in [0, 0.1) is 5.92 Å². The molecule has 1 aromatic carbocycles. The van der Waals surface area contributed by atoms with Gasteiger partial charge >= 0.3 is 0 Å². The molecule has 0 radical (unpaired) electrons. The summed E-state index contributed by atoms with van der Waals surface area (Å²) in [4.78, 5) is 13.9. The van der Waals surface area contributed by atoms with Crippen molar-refractivity contribution in [1.29, 1.82) is 0 Å². The molecule has 1 aromatic rings. The van der Waals surface area contributed by atoms with E-state index >= 15 is 0 Å².